The highest BCUT2D eigenvalue weighted by atomic mass is 16.5. The van der Waals surface area contributed by atoms with Crippen LogP contribution in [0.3, 0.4) is 0 Å². The number of quaternary nitrogens is 1. The lowest BCUT2D eigenvalue weighted by molar-refractivity contribution is -0.372. The highest BCUT2D eigenvalue weighted by Crippen LogP contribution is 2.43. The first-order chi connectivity index (χ1) is 9.01. The van der Waals surface area contributed by atoms with Crippen LogP contribution in [0.25, 0.3) is 0 Å². The molecule has 0 saturated carbocycles. The molecule has 1 aromatic rings. The lowest BCUT2D eigenvalue weighted by atomic mass is 9.67. The molecule has 19 heavy (non-hydrogen) atoms. The Balaban J connectivity index is 2.32. The highest BCUT2D eigenvalue weighted by Gasteiger charge is 2.41. The number of hydrogen-bond acceptors (Lipinski definition) is 2. The number of benzene rings is 1. The van der Waals surface area contributed by atoms with E-state index in [0.29, 0.717) is 0 Å². The molecule has 3 nitrogen and oxygen atoms in total. The van der Waals surface area contributed by atoms with Gasteiger partial charge in [-0.15, -0.1) is 0 Å². The molecule has 0 aromatic heterocycles. The molecule has 0 aliphatic carbocycles. The van der Waals surface area contributed by atoms with Crippen LogP contribution in [-0.4, -0.2) is 25.9 Å². The maximum Gasteiger partial charge on any atom is 0.118 e. The largest absolute Gasteiger partial charge is 0.497 e. The lowest BCUT2D eigenvalue weighted by Crippen LogP contribution is -2.55. The van der Waals surface area contributed by atoms with E-state index in [9.17, 15) is 0 Å². The van der Waals surface area contributed by atoms with Crippen molar-refractivity contribution in [1.82, 2.24) is 0 Å². The van der Waals surface area contributed by atoms with E-state index in [2.05, 4.69) is 43.8 Å². The summed E-state index contributed by atoms with van der Waals surface area (Å²) in [4.78, 5) is 0. The van der Waals surface area contributed by atoms with Crippen LogP contribution in [0, 0.1) is 0 Å². The van der Waals surface area contributed by atoms with Gasteiger partial charge in [0.15, 0.2) is 0 Å². The summed E-state index contributed by atoms with van der Waals surface area (Å²) >= 11 is 0. The predicted molar refractivity (Wildman–Crippen MR) is 76.3 cm³/mol. The smallest absolute Gasteiger partial charge is 0.118 e. The Labute approximate surface area is 116 Å². The first kappa shape index (κ1) is 14.4. The monoisotopic (exact) mass is 264 g/mol. The van der Waals surface area contributed by atoms with Gasteiger partial charge < -0.3 is 15.2 Å². The number of rotatable bonds is 4. The fourth-order valence-electron chi connectivity index (χ4n) is 3.36. The maximum atomic E-state index is 5.89. The van der Waals surface area contributed by atoms with Gasteiger partial charge >= 0.3 is 0 Å². The van der Waals surface area contributed by atoms with Crippen LogP contribution < -0.4 is 10.5 Å². The molecule has 3 heteroatoms. The van der Waals surface area contributed by atoms with Crippen molar-refractivity contribution in [2.45, 2.75) is 44.1 Å². The molecule has 0 spiro atoms. The Morgan fingerprint density at radius 3 is 2.47 bits per heavy atom. The molecule has 106 valence electrons. The van der Waals surface area contributed by atoms with Crippen molar-refractivity contribution in [3.05, 3.63) is 29.8 Å². The van der Waals surface area contributed by atoms with Gasteiger partial charge in [0.2, 0.25) is 0 Å². The van der Waals surface area contributed by atoms with Crippen molar-refractivity contribution in [2.75, 3.05) is 20.3 Å². The van der Waals surface area contributed by atoms with Gasteiger partial charge in [0.1, 0.15) is 5.75 Å². The summed E-state index contributed by atoms with van der Waals surface area (Å²) in [7, 11) is 1.71. The molecule has 1 fully saturated rings. The minimum atomic E-state index is -0.0483. The number of ether oxygens (including phenoxy) is 2. The zero-order valence-electron chi connectivity index (χ0n) is 12.4. The molecule has 0 radical (unpaired) electrons. The molecule has 1 saturated heterocycles. The van der Waals surface area contributed by atoms with E-state index in [1.54, 1.807) is 7.11 Å². The highest BCUT2D eigenvalue weighted by molar-refractivity contribution is 5.33. The summed E-state index contributed by atoms with van der Waals surface area (Å²) < 4.78 is 11.1. The van der Waals surface area contributed by atoms with Crippen LogP contribution in [0.4, 0.5) is 0 Å². The third kappa shape index (κ3) is 3.10. The summed E-state index contributed by atoms with van der Waals surface area (Å²) in [6.45, 7) is 6.17. The van der Waals surface area contributed by atoms with E-state index in [1.807, 2.05) is 0 Å². The second-order valence-electron chi connectivity index (χ2n) is 6.15. The first-order valence-electron chi connectivity index (χ1n) is 7.09. The van der Waals surface area contributed by atoms with Gasteiger partial charge in [-0.25, -0.2) is 0 Å². The maximum absolute atomic E-state index is 5.89. The van der Waals surface area contributed by atoms with Crippen LogP contribution in [0.1, 0.15) is 38.7 Å². The van der Waals surface area contributed by atoms with Gasteiger partial charge in [0, 0.05) is 18.4 Å². The Morgan fingerprint density at radius 2 is 1.95 bits per heavy atom. The van der Waals surface area contributed by atoms with Crippen LogP contribution >= 0.6 is 0 Å². The quantitative estimate of drug-likeness (QED) is 0.905. The molecule has 3 N–H and O–H groups in total. The Morgan fingerprint density at radius 1 is 1.26 bits per heavy atom. The van der Waals surface area contributed by atoms with E-state index in [4.69, 9.17) is 9.47 Å². The Hall–Kier alpha value is -1.06. The number of methoxy groups -OCH3 is 1. The fourth-order valence-corrected chi connectivity index (χ4v) is 3.36. The second-order valence-corrected chi connectivity index (χ2v) is 6.15. The fraction of sp³-hybridized carbons (Fsp3) is 0.625. The predicted octanol–water partition coefficient (Wildman–Crippen LogP) is 2.15. The molecule has 1 aliphatic heterocycles. The van der Waals surface area contributed by atoms with E-state index in [1.165, 1.54) is 5.56 Å². The molecule has 2 rings (SSSR count). The first-order valence-corrected chi connectivity index (χ1v) is 7.09. The van der Waals surface area contributed by atoms with Gasteiger partial charge in [0.05, 0.1) is 19.3 Å². The minimum Gasteiger partial charge on any atom is -0.497 e. The topological polar surface area (TPSA) is 46.1 Å². The normalized spacial score (nSPS) is 26.1. The van der Waals surface area contributed by atoms with Gasteiger partial charge in [0.25, 0.3) is 0 Å². The molecule has 0 amide bonds. The van der Waals surface area contributed by atoms with E-state index < -0.39 is 0 Å². The summed E-state index contributed by atoms with van der Waals surface area (Å²) in [6.07, 6.45) is 3.26. The molecule has 0 unspecified atom stereocenters. The lowest BCUT2D eigenvalue weighted by Gasteiger charge is -2.45. The molecular weight excluding hydrogens is 238 g/mol. The summed E-state index contributed by atoms with van der Waals surface area (Å²) in [6, 6.07) is 8.52. The molecule has 1 atom stereocenters. The molecule has 1 aliphatic rings. The second kappa shape index (κ2) is 5.51. The van der Waals surface area contributed by atoms with E-state index >= 15 is 0 Å². The van der Waals surface area contributed by atoms with Crippen molar-refractivity contribution in [3.8, 4) is 5.75 Å². The average Bonchev–Trinajstić information content (AvgIpc) is 2.38. The van der Waals surface area contributed by atoms with Gasteiger partial charge in [-0.3, -0.25) is 0 Å². The molecule has 0 bridgehead atoms. The van der Waals surface area contributed by atoms with Crippen LogP contribution in [-0.2, 0) is 10.2 Å². The summed E-state index contributed by atoms with van der Waals surface area (Å²) in [5.41, 5.74) is 5.62. The molecule has 1 heterocycles. The summed E-state index contributed by atoms with van der Waals surface area (Å²) in [5, 5.41) is 0. The van der Waals surface area contributed by atoms with Crippen molar-refractivity contribution < 1.29 is 15.2 Å². The average molecular weight is 264 g/mol. The van der Waals surface area contributed by atoms with Crippen molar-refractivity contribution in [1.29, 1.82) is 0 Å². The van der Waals surface area contributed by atoms with Crippen LogP contribution in [0.2, 0.25) is 0 Å². The van der Waals surface area contributed by atoms with Gasteiger partial charge in [-0.1, -0.05) is 12.1 Å². The van der Waals surface area contributed by atoms with Gasteiger partial charge in [-0.05, 0) is 44.4 Å². The molecule has 1 aromatic carbocycles. The minimum absolute atomic E-state index is 0.0483. The van der Waals surface area contributed by atoms with Crippen molar-refractivity contribution >= 4 is 0 Å². The molecular formula is C16H26NO2+. The third-order valence-electron chi connectivity index (χ3n) is 4.20. The number of hydrogen-bond donors (Lipinski definition) is 1. The zero-order chi connectivity index (χ0) is 13.9. The van der Waals surface area contributed by atoms with Crippen molar-refractivity contribution in [2.24, 2.45) is 0 Å². The zero-order valence-corrected chi connectivity index (χ0v) is 12.4. The Bertz CT molecular complexity index is 409. The van der Waals surface area contributed by atoms with Crippen LogP contribution in [0.5, 0.6) is 5.75 Å². The van der Waals surface area contributed by atoms with E-state index in [0.717, 1.165) is 38.2 Å². The van der Waals surface area contributed by atoms with Gasteiger partial charge in [-0.2, -0.15) is 0 Å². The Kier molecular flexibility index (Phi) is 4.16. The SMILES string of the molecule is COc1ccc([C@@]2(CC[NH3+])CCOC(C)(C)C2)cc1. The van der Waals surface area contributed by atoms with E-state index in [-0.39, 0.29) is 11.0 Å². The third-order valence-corrected chi connectivity index (χ3v) is 4.20. The summed E-state index contributed by atoms with van der Waals surface area (Å²) in [5.74, 6) is 0.917. The van der Waals surface area contributed by atoms with Crippen LogP contribution in [0.15, 0.2) is 24.3 Å². The standard InChI is InChI=1S/C16H25NO2/c1-15(2)12-16(8-10-17,9-11-19-15)13-4-6-14(18-3)7-5-13/h4-7H,8-12,17H2,1-3H3/p+1/t16-/m0/s1. The van der Waals surface area contributed by atoms with Crippen molar-refractivity contribution in [3.63, 3.8) is 0 Å².